The summed E-state index contributed by atoms with van der Waals surface area (Å²) in [4.78, 5) is 16.8. The summed E-state index contributed by atoms with van der Waals surface area (Å²) in [5, 5.41) is 9.99. The fourth-order valence-corrected chi connectivity index (χ4v) is 4.69. The second-order valence-electron chi connectivity index (χ2n) is 8.73. The van der Waals surface area contributed by atoms with Gasteiger partial charge >= 0.3 is 6.03 Å². The minimum Gasteiger partial charge on any atom is -0.335 e. The van der Waals surface area contributed by atoms with Crippen LogP contribution in [0, 0.1) is 5.82 Å². The van der Waals surface area contributed by atoms with Gasteiger partial charge in [-0.25, -0.2) is 14.2 Å². The van der Waals surface area contributed by atoms with Gasteiger partial charge in [0.2, 0.25) is 0 Å². The van der Waals surface area contributed by atoms with Gasteiger partial charge in [0.25, 0.3) is 0 Å². The first-order chi connectivity index (χ1) is 17.7. The van der Waals surface area contributed by atoms with Crippen LogP contribution in [0.15, 0.2) is 97.7 Å². The number of carbonyl (C=O) groups is 1. The summed E-state index contributed by atoms with van der Waals surface area (Å²) in [5.41, 5.74) is 5.88. The lowest BCUT2D eigenvalue weighted by Gasteiger charge is -2.16. The molecule has 3 aromatic carbocycles. The SMILES string of the molecule is O=C(NCC1c2ccccc2-c2cncn21)Nc1ccc(-c2cnn(Cc3ccccc3)c2)c(F)c1. The number of rotatable bonds is 6. The molecule has 0 radical (unpaired) electrons. The maximum atomic E-state index is 14.9. The predicted octanol–water partition coefficient (Wildman–Crippen LogP) is 5.33. The standard InChI is InChI=1S/C28H23FN6O/c29-25-12-21(10-11-22(25)20-13-32-34(17-20)16-19-6-2-1-3-7-19)33-28(36)31-15-27-24-9-5-4-8-23(24)26-14-30-18-35(26)27/h1-14,17-18,27H,15-16H2,(H2,31,33,36). The first kappa shape index (κ1) is 21.8. The van der Waals surface area contributed by atoms with E-state index in [2.05, 4.69) is 37.4 Å². The Balaban J connectivity index is 1.10. The second-order valence-corrected chi connectivity index (χ2v) is 8.73. The van der Waals surface area contributed by atoms with E-state index < -0.39 is 11.8 Å². The number of amides is 2. The quantitative estimate of drug-likeness (QED) is 0.347. The van der Waals surface area contributed by atoms with Crippen molar-refractivity contribution >= 4 is 11.7 Å². The molecule has 1 aliphatic heterocycles. The topological polar surface area (TPSA) is 76.8 Å². The zero-order chi connectivity index (χ0) is 24.5. The molecule has 2 aromatic heterocycles. The van der Waals surface area contributed by atoms with E-state index in [9.17, 15) is 9.18 Å². The van der Waals surface area contributed by atoms with Gasteiger partial charge in [0.15, 0.2) is 0 Å². The summed E-state index contributed by atoms with van der Waals surface area (Å²) in [6.45, 7) is 0.988. The molecule has 0 bridgehead atoms. The summed E-state index contributed by atoms with van der Waals surface area (Å²) < 4.78 is 18.8. The smallest absolute Gasteiger partial charge is 0.319 e. The van der Waals surface area contributed by atoms with Crippen molar-refractivity contribution in [3.8, 4) is 22.4 Å². The van der Waals surface area contributed by atoms with E-state index in [0.29, 0.717) is 29.9 Å². The largest absolute Gasteiger partial charge is 0.335 e. The average molecular weight is 479 g/mol. The Bertz CT molecular complexity index is 1540. The van der Waals surface area contributed by atoms with Crippen LogP contribution in [0.3, 0.4) is 0 Å². The lowest BCUT2D eigenvalue weighted by Crippen LogP contribution is -2.33. The van der Waals surface area contributed by atoms with Gasteiger partial charge in [-0.3, -0.25) is 4.68 Å². The van der Waals surface area contributed by atoms with Crippen molar-refractivity contribution in [2.24, 2.45) is 0 Å². The molecule has 8 heteroatoms. The van der Waals surface area contributed by atoms with Crippen molar-refractivity contribution < 1.29 is 9.18 Å². The Morgan fingerprint density at radius 3 is 2.67 bits per heavy atom. The fraction of sp³-hybridized carbons (Fsp3) is 0.107. The van der Waals surface area contributed by atoms with E-state index in [1.165, 1.54) is 6.07 Å². The van der Waals surface area contributed by atoms with E-state index in [0.717, 1.165) is 22.4 Å². The molecule has 1 atom stereocenters. The molecule has 1 aliphatic rings. The summed E-state index contributed by atoms with van der Waals surface area (Å²) in [6, 6.07) is 22.3. The number of nitrogens with zero attached hydrogens (tertiary/aromatic N) is 4. The summed E-state index contributed by atoms with van der Waals surface area (Å²) in [6.07, 6.45) is 7.06. The fourth-order valence-electron chi connectivity index (χ4n) is 4.69. The van der Waals surface area contributed by atoms with Crippen LogP contribution in [0.25, 0.3) is 22.4 Å². The molecule has 5 aromatic rings. The van der Waals surface area contributed by atoms with Gasteiger partial charge in [-0.1, -0.05) is 54.6 Å². The van der Waals surface area contributed by atoms with Crippen LogP contribution in [-0.4, -0.2) is 31.9 Å². The second kappa shape index (κ2) is 9.14. The number of fused-ring (bicyclic) bond motifs is 3. The Hall–Kier alpha value is -4.72. The molecule has 2 amide bonds. The molecule has 0 saturated carbocycles. The van der Waals surface area contributed by atoms with E-state index >= 15 is 0 Å². The van der Waals surface area contributed by atoms with Gasteiger partial charge < -0.3 is 15.2 Å². The third-order valence-corrected chi connectivity index (χ3v) is 6.41. The number of nitrogens with one attached hydrogen (secondary N) is 2. The van der Waals surface area contributed by atoms with Crippen LogP contribution in [0.5, 0.6) is 0 Å². The highest BCUT2D eigenvalue weighted by atomic mass is 19.1. The number of hydrogen-bond acceptors (Lipinski definition) is 3. The average Bonchev–Trinajstić information content (AvgIpc) is 3.61. The molecule has 7 nitrogen and oxygen atoms in total. The van der Waals surface area contributed by atoms with Gasteiger partial charge in [0.05, 0.1) is 37.0 Å². The Labute approximate surface area is 207 Å². The highest BCUT2D eigenvalue weighted by Crippen LogP contribution is 2.38. The number of hydrogen-bond donors (Lipinski definition) is 2. The van der Waals surface area contributed by atoms with Crippen LogP contribution >= 0.6 is 0 Å². The van der Waals surface area contributed by atoms with Gasteiger partial charge in [-0.2, -0.15) is 5.10 Å². The third kappa shape index (κ3) is 4.13. The normalized spacial score (nSPS) is 13.8. The monoisotopic (exact) mass is 478 g/mol. The summed E-state index contributed by atoms with van der Waals surface area (Å²) in [5.74, 6) is -0.431. The van der Waals surface area contributed by atoms with Crippen LogP contribution in [-0.2, 0) is 6.54 Å². The van der Waals surface area contributed by atoms with Gasteiger partial charge in [0, 0.05) is 35.1 Å². The Kier molecular flexibility index (Phi) is 5.53. The lowest BCUT2D eigenvalue weighted by atomic mass is 10.0. The number of urea groups is 1. The minimum absolute atomic E-state index is 0.0454. The number of halogens is 1. The molecule has 3 heterocycles. The van der Waals surface area contributed by atoms with Crippen LogP contribution < -0.4 is 10.6 Å². The predicted molar refractivity (Wildman–Crippen MR) is 136 cm³/mol. The molecule has 2 N–H and O–H groups in total. The van der Waals surface area contributed by atoms with E-state index in [4.69, 9.17) is 0 Å². The number of anilines is 1. The first-order valence-electron chi connectivity index (χ1n) is 11.7. The van der Waals surface area contributed by atoms with Gasteiger partial charge in [0.1, 0.15) is 5.82 Å². The number of aromatic nitrogens is 4. The molecule has 0 saturated heterocycles. The lowest BCUT2D eigenvalue weighted by molar-refractivity contribution is 0.251. The van der Waals surface area contributed by atoms with Crippen molar-refractivity contribution in [3.05, 3.63) is 115 Å². The molecule has 0 aliphatic carbocycles. The minimum atomic E-state index is -0.431. The molecule has 36 heavy (non-hydrogen) atoms. The number of benzene rings is 3. The highest BCUT2D eigenvalue weighted by Gasteiger charge is 2.28. The molecular weight excluding hydrogens is 455 g/mol. The molecule has 0 spiro atoms. The van der Waals surface area contributed by atoms with Crippen molar-refractivity contribution in [2.75, 3.05) is 11.9 Å². The maximum Gasteiger partial charge on any atom is 0.319 e. The van der Waals surface area contributed by atoms with Crippen molar-refractivity contribution in [1.82, 2.24) is 24.6 Å². The molecule has 0 fully saturated rings. The van der Waals surface area contributed by atoms with Crippen molar-refractivity contribution in [1.29, 1.82) is 0 Å². The molecule has 178 valence electrons. The van der Waals surface area contributed by atoms with Crippen LogP contribution in [0.2, 0.25) is 0 Å². The maximum absolute atomic E-state index is 14.9. The Morgan fingerprint density at radius 2 is 1.81 bits per heavy atom. The zero-order valence-corrected chi connectivity index (χ0v) is 19.3. The van der Waals surface area contributed by atoms with E-state index in [1.54, 1.807) is 29.3 Å². The van der Waals surface area contributed by atoms with E-state index in [-0.39, 0.29) is 6.04 Å². The molecular formula is C28H23FN6O. The van der Waals surface area contributed by atoms with Crippen molar-refractivity contribution in [3.63, 3.8) is 0 Å². The summed E-state index contributed by atoms with van der Waals surface area (Å²) in [7, 11) is 0. The molecule has 1 unspecified atom stereocenters. The van der Waals surface area contributed by atoms with Crippen molar-refractivity contribution in [2.45, 2.75) is 12.6 Å². The van der Waals surface area contributed by atoms with Gasteiger partial charge in [-0.15, -0.1) is 0 Å². The zero-order valence-electron chi connectivity index (χ0n) is 19.3. The first-order valence-corrected chi connectivity index (χ1v) is 11.7. The summed E-state index contributed by atoms with van der Waals surface area (Å²) >= 11 is 0. The number of carbonyl (C=O) groups excluding carboxylic acids is 1. The van der Waals surface area contributed by atoms with Crippen LogP contribution in [0.1, 0.15) is 17.2 Å². The van der Waals surface area contributed by atoms with E-state index in [1.807, 2.05) is 54.9 Å². The third-order valence-electron chi connectivity index (χ3n) is 6.41. The van der Waals surface area contributed by atoms with Gasteiger partial charge in [-0.05, 0) is 29.3 Å². The van der Waals surface area contributed by atoms with Crippen LogP contribution in [0.4, 0.5) is 14.9 Å². The highest BCUT2D eigenvalue weighted by molar-refractivity contribution is 5.89. The Morgan fingerprint density at radius 1 is 0.972 bits per heavy atom. The molecule has 6 rings (SSSR count). The number of imidazole rings is 1.